The molecule has 0 aliphatic heterocycles. The van der Waals surface area contributed by atoms with E-state index >= 15 is 0 Å². The second-order valence-electron chi connectivity index (χ2n) is 5.51. The van der Waals surface area contributed by atoms with E-state index in [0.717, 1.165) is 5.56 Å². The van der Waals surface area contributed by atoms with E-state index in [9.17, 15) is 18.0 Å². The van der Waals surface area contributed by atoms with Crippen LogP contribution in [0.2, 0.25) is 5.02 Å². The molecule has 1 amide bonds. The van der Waals surface area contributed by atoms with Crippen molar-refractivity contribution in [2.24, 2.45) is 0 Å². The van der Waals surface area contributed by atoms with Crippen LogP contribution in [0.3, 0.4) is 0 Å². The molecule has 3 aromatic rings. The van der Waals surface area contributed by atoms with Crippen molar-refractivity contribution < 1.29 is 22.7 Å². The van der Waals surface area contributed by atoms with Gasteiger partial charge in [0.05, 0.1) is 6.54 Å². The fourth-order valence-electron chi connectivity index (χ4n) is 2.31. The molecule has 0 unspecified atom stereocenters. The van der Waals surface area contributed by atoms with Crippen LogP contribution in [0, 0.1) is 5.82 Å². The zero-order valence-electron chi connectivity index (χ0n) is 13.7. The highest BCUT2D eigenvalue weighted by molar-refractivity contribution is 6.33. The van der Waals surface area contributed by atoms with Gasteiger partial charge in [0.2, 0.25) is 0 Å². The number of benzene rings is 2. The number of aromatic nitrogens is 2. The van der Waals surface area contributed by atoms with Gasteiger partial charge in [0.25, 0.3) is 5.91 Å². The van der Waals surface area contributed by atoms with Crippen molar-refractivity contribution in [3.63, 3.8) is 0 Å². The van der Waals surface area contributed by atoms with Crippen molar-refractivity contribution in [3.05, 3.63) is 76.7 Å². The van der Waals surface area contributed by atoms with E-state index < -0.39 is 12.5 Å². The summed E-state index contributed by atoms with van der Waals surface area (Å²) in [5.74, 6) is -0.748. The molecule has 5 nitrogen and oxygen atoms in total. The van der Waals surface area contributed by atoms with Gasteiger partial charge in [-0.15, -0.1) is 0 Å². The summed E-state index contributed by atoms with van der Waals surface area (Å²) in [4.78, 5) is 12.3. The highest BCUT2D eigenvalue weighted by atomic mass is 35.5. The normalized spacial score (nSPS) is 10.9. The molecule has 0 aliphatic carbocycles. The maximum absolute atomic E-state index is 12.9. The number of carbonyl (C=O) groups excluding carboxylic acids is 1. The van der Waals surface area contributed by atoms with Gasteiger partial charge in [-0.2, -0.15) is 13.9 Å². The molecule has 3 rings (SSSR count). The first-order valence-electron chi connectivity index (χ1n) is 7.74. The van der Waals surface area contributed by atoms with Crippen LogP contribution in [0.4, 0.5) is 19.0 Å². The summed E-state index contributed by atoms with van der Waals surface area (Å²) in [6.07, 6.45) is 1.53. The standard InChI is InChI=1S/C18H13ClF3N3O2/c19-15-10-25(9-11-1-5-13(20)6-2-11)24-16(15)23-17(26)12-3-7-14(8-4-12)27-18(21)22/h1-8,10,18H,9H2,(H,23,24,26). The zero-order chi connectivity index (χ0) is 19.4. The highest BCUT2D eigenvalue weighted by Gasteiger charge is 2.13. The van der Waals surface area contributed by atoms with E-state index in [4.69, 9.17) is 11.6 Å². The molecule has 0 bridgehead atoms. The molecule has 0 fully saturated rings. The van der Waals surface area contributed by atoms with Crippen LogP contribution >= 0.6 is 11.6 Å². The molecule has 1 aromatic heterocycles. The molecule has 1 heterocycles. The number of rotatable bonds is 6. The predicted molar refractivity (Wildman–Crippen MR) is 93.8 cm³/mol. The Labute approximate surface area is 157 Å². The van der Waals surface area contributed by atoms with Gasteiger partial charge in [0.1, 0.15) is 16.6 Å². The van der Waals surface area contributed by atoms with Crippen LogP contribution < -0.4 is 10.1 Å². The van der Waals surface area contributed by atoms with Crippen molar-refractivity contribution >= 4 is 23.3 Å². The summed E-state index contributed by atoms with van der Waals surface area (Å²) in [7, 11) is 0. The van der Waals surface area contributed by atoms with E-state index in [1.54, 1.807) is 12.1 Å². The number of amides is 1. The second-order valence-corrected chi connectivity index (χ2v) is 5.91. The van der Waals surface area contributed by atoms with Gasteiger partial charge in [0, 0.05) is 11.8 Å². The number of hydrogen-bond donors (Lipinski definition) is 1. The Kier molecular flexibility index (Phi) is 5.66. The van der Waals surface area contributed by atoms with Crippen molar-refractivity contribution in [1.29, 1.82) is 0 Å². The number of halogens is 4. The molecule has 9 heteroatoms. The van der Waals surface area contributed by atoms with Crippen LogP contribution in [-0.4, -0.2) is 22.3 Å². The Bertz CT molecular complexity index is 928. The minimum absolute atomic E-state index is 0.0526. The summed E-state index contributed by atoms with van der Waals surface area (Å²) < 4.78 is 43.0. The van der Waals surface area contributed by atoms with E-state index in [-0.39, 0.29) is 28.0 Å². The fourth-order valence-corrected chi connectivity index (χ4v) is 2.50. The number of ether oxygens (including phenoxy) is 1. The number of alkyl halides is 2. The molecule has 0 atom stereocenters. The lowest BCUT2D eigenvalue weighted by Gasteiger charge is -2.06. The molecule has 0 spiro atoms. The second kappa shape index (κ2) is 8.13. The minimum atomic E-state index is -2.94. The lowest BCUT2D eigenvalue weighted by atomic mass is 10.2. The third kappa shape index (κ3) is 5.01. The third-order valence-electron chi connectivity index (χ3n) is 3.55. The average molecular weight is 396 g/mol. The summed E-state index contributed by atoms with van der Waals surface area (Å²) in [5.41, 5.74) is 1.03. The van der Waals surface area contributed by atoms with Gasteiger partial charge in [0.15, 0.2) is 5.82 Å². The number of nitrogens with zero attached hydrogens (tertiary/aromatic N) is 2. The molecular formula is C18H13ClF3N3O2. The van der Waals surface area contributed by atoms with Crippen molar-refractivity contribution in [2.75, 3.05) is 5.32 Å². The molecule has 0 saturated heterocycles. The monoisotopic (exact) mass is 395 g/mol. The Morgan fingerprint density at radius 2 is 1.81 bits per heavy atom. The molecule has 0 saturated carbocycles. The Morgan fingerprint density at radius 3 is 2.44 bits per heavy atom. The summed E-state index contributed by atoms with van der Waals surface area (Å²) in [6, 6.07) is 11.1. The van der Waals surface area contributed by atoms with E-state index in [1.807, 2.05) is 0 Å². The number of hydrogen-bond acceptors (Lipinski definition) is 3. The van der Waals surface area contributed by atoms with Gasteiger partial charge >= 0.3 is 6.61 Å². The van der Waals surface area contributed by atoms with Gasteiger partial charge in [-0.05, 0) is 42.0 Å². The largest absolute Gasteiger partial charge is 0.435 e. The zero-order valence-corrected chi connectivity index (χ0v) is 14.5. The molecule has 27 heavy (non-hydrogen) atoms. The van der Waals surface area contributed by atoms with Gasteiger partial charge in [-0.3, -0.25) is 9.48 Å². The summed E-state index contributed by atoms with van der Waals surface area (Å²) >= 11 is 6.09. The Balaban J connectivity index is 1.67. The Hall–Kier alpha value is -3.00. The Morgan fingerprint density at radius 1 is 1.15 bits per heavy atom. The smallest absolute Gasteiger partial charge is 0.387 e. The lowest BCUT2D eigenvalue weighted by Crippen LogP contribution is -2.13. The molecule has 0 radical (unpaired) electrons. The quantitative estimate of drug-likeness (QED) is 0.664. The maximum Gasteiger partial charge on any atom is 0.387 e. The predicted octanol–water partition coefficient (Wildman–Crippen LogP) is 4.58. The van der Waals surface area contributed by atoms with E-state index in [0.29, 0.717) is 6.54 Å². The van der Waals surface area contributed by atoms with Crippen LogP contribution in [-0.2, 0) is 6.54 Å². The number of nitrogens with one attached hydrogen (secondary N) is 1. The first kappa shape index (κ1) is 18.8. The van der Waals surface area contributed by atoms with Crippen molar-refractivity contribution in [2.45, 2.75) is 13.2 Å². The molecule has 0 aliphatic rings. The maximum atomic E-state index is 12.9. The number of carbonyl (C=O) groups is 1. The lowest BCUT2D eigenvalue weighted by molar-refractivity contribution is -0.0498. The fraction of sp³-hybridized carbons (Fsp3) is 0.111. The van der Waals surface area contributed by atoms with Crippen LogP contribution in [0.1, 0.15) is 15.9 Å². The minimum Gasteiger partial charge on any atom is -0.435 e. The van der Waals surface area contributed by atoms with Crippen LogP contribution in [0.25, 0.3) is 0 Å². The highest BCUT2D eigenvalue weighted by Crippen LogP contribution is 2.22. The van der Waals surface area contributed by atoms with Gasteiger partial charge < -0.3 is 10.1 Å². The van der Waals surface area contributed by atoms with Gasteiger partial charge in [-0.25, -0.2) is 4.39 Å². The molecule has 140 valence electrons. The first-order chi connectivity index (χ1) is 12.9. The summed E-state index contributed by atoms with van der Waals surface area (Å²) in [5, 5.41) is 6.96. The first-order valence-corrected chi connectivity index (χ1v) is 8.12. The molecule has 2 aromatic carbocycles. The van der Waals surface area contributed by atoms with Crippen LogP contribution in [0.15, 0.2) is 54.7 Å². The SMILES string of the molecule is O=C(Nc1nn(Cc2ccc(F)cc2)cc1Cl)c1ccc(OC(F)F)cc1. The van der Waals surface area contributed by atoms with Crippen LogP contribution in [0.5, 0.6) is 5.75 Å². The molecular weight excluding hydrogens is 383 g/mol. The van der Waals surface area contributed by atoms with E-state index in [1.165, 1.54) is 47.3 Å². The topological polar surface area (TPSA) is 56.2 Å². The van der Waals surface area contributed by atoms with Crippen molar-refractivity contribution in [1.82, 2.24) is 9.78 Å². The molecule has 1 N–H and O–H groups in total. The van der Waals surface area contributed by atoms with E-state index in [2.05, 4.69) is 15.2 Å². The number of anilines is 1. The summed E-state index contributed by atoms with van der Waals surface area (Å²) in [6.45, 7) is -2.59. The average Bonchev–Trinajstić information content (AvgIpc) is 2.96. The third-order valence-corrected chi connectivity index (χ3v) is 3.83. The van der Waals surface area contributed by atoms with Gasteiger partial charge in [-0.1, -0.05) is 23.7 Å². The van der Waals surface area contributed by atoms with Crippen molar-refractivity contribution in [3.8, 4) is 5.75 Å².